The molecule has 0 bridgehead atoms. The fourth-order valence-electron chi connectivity index (χ4n) is 4.09. The number of benzene rings is 3. The minimum Gasteiger partial charge on any atom is -0.494 e. The van der Waals surface area contributed by atoms with Gasteiger partial charge in [-0.25, -0.2) is 4.39 Å². The third kappa shape index (κ3) is 5.30. The van der Waals surface area contributed by atoms with E-state index in [0.29, 0.717) is 29.9 Å². The smallest absolute Gasteiger partial charge is 0.255 e. The van der Waals surface area contributed by atoms with Gasteiger partial charge in [-0.15, -0.1) is 0 Å². The molecule has 3 aromatic carbocycles. The van der Waals surface area contributed by atoms with Crippen LogP contribution in [0.1, 0.15) is 29.3 Å². The Morgan fingerprint density at radius 2 is 1.94 bits per heavy atom. The summed E-state index contributed by atoms with van der Waals surface area (Å²) in [5, 5.41) is 14.0. The fraction of sp³-hybridized carbons (Fsp3) is 0.250. The van der Waals surface area contributed by atoms with Crippen molar-refractivity contribution >= 4 is 16.8 Å². The van der Waals surface area contributed by atoms with Gasteiger partial charge in [-0.1, -0.05) is 43.3 Å². The first kappa shape index (κ1) is 24.3. The maximum atomic E-state index is 14.9. The maximum absolute atomic E-state index is 14.9. The Bertz CT molecular complexity index is 1320. The molecule has 1 atom stereocenters. The number of ether oxygens (including phenoxy) is 2. The van der Waals surface area contributed by atoms with Crippen molar-refractivity contribution in [3.05, 3.63) is 83.8 Å². The Labute approximate surface area is 203 Å². The minimum atomic E-state index is -0.516. The molecule has 4 aromatic rings. The zero-order valence-electron chi connectivity index (χ0n) is 19.8. The summed E-state index contributed by atoms with van der Waals surface area (Å²) >= 11 is 0. The number of H-pyrrole nitrogens is 1. The van der Waals surface area contributed by atoms with Crippen LogP contribution in [0.3, 0.4) is 0 Å². The van der Waals surface area contributed by atoms with Gasteiger partial charge in [-0.3, -0.25) is 4.79 Å². The molecule has 0 aliphatic rings. The highest BCUT2D eigenvalue weighted by Gasteiger charge is 2.21. The molecule has 1 unspecified atom stereocenters. The van der Waals surface area contributed by atoms with Crippen molar-refractivity contribution in [1.82, 2.24) is 10.3 Å². The van der Waals surface area contributed by atoms with Crippen LogP contribution in [0.15, 0.2) is 66.9 Å². The molecule has 1 amide bonds. The normalized spacial score (nSPS) is 11.9. The van der Waals surface area contributed by atoms with Crippen LogP contribution in [0.2, 0.25) is 0 Å². The molecule has 0 aliphatic carbocycles. The minimum absolute atomic E-state index is 0.124. The first-order valence-corrected chi connectivity index (χ1v) is 11.6. The summed E-state index contributed by atoms with van der Waals surface area (Å²) in [6.07, 6.45) is 3.11. The zero-order chi connectivity index (χ0) is 24.8. The molecule has 0 fully saturated rings. The third-order valence-corrected chi connectivity index (χ3v) is 5.88. The van der Waals surface area contributed by atoms with Gasteiger partial charge < -0.3 is 24.9 Å². The van der Waals surface area contributed by atoms with Crippen LogP contribution in [0.4, 0.5) is 4.39 Å². The largest absolute Gasteiger partial charge is 0.494 e. The molecule has 7 heteroatoms. The lowest BCUT2D eigenvalue weighted by atomic mass is 10.0. The van der Waals surface area contributed by atoms with Gasteiger partial charge in [0.1, 0.15) is 5.75 Å². The van der Waals surface area contributed by atoms with Crippen LogP contribution in [0.5, 0.6) is 11.5 Å². The van der Waals surface area contributed by atoms with Crippen molar-refractivity contribution < 1.29 is 23.8 Å². The summed E-state index contributed by atoms with van der Waals surface area (Å²) < 4.78 is 25.8. The number of aromatic nitrogens is 1. The quantitative estimate of drug-likeness (QED) is 0.297. The van der Waals surface area contributed by atoms with Crippen molar-refractivity contribution in [3.63, 3.8) is 0 Å². The van der Waals surface area contributed by atoms with E-state index in [1.807, 2.05) is 37.4 Å². The number of nitrogens with one attached hydrogen (secondary N) is 2. The van der Waals surface area contributed by atoms with E-state index < -0.39 is 17.8 Å². The number of halogens is 1. The van der Waals surface area contributed by atoms with Gasteiger partial charge in [-0.05, 0) is 48.2 Å². The fourth-order valence-corrected chi connectivity index (χ4v) is 4.09. The third-order valence-electron chi connectivity index (χ3n) is 5.88. The lowest BCUT2D eigenvalue weighted by Gasteiger charge is -2.18. The van der Waals surface area contributed by atoms with E-state index in [2.05, 4.69) is 10.3 Å². The first-order valence-electron chi connectivity index (χ1n) is 11.6. The molecule has 3 N–H and O–H groups in total. The number of aromatic amines is 1. The van der Waals surface area contributed by atoms with Crippen molar-refractivity contribution in [2.75, 3.05) is 20.3 Å². The molecule has 182 valence electrons. The van der Waals surface area contributed by atoms with Crippen LogP contribution in [-0.4, -0.2) is 42.4 Å². The molecule has 1 heterocycles. The summed E-state index contributed by atoms with van der Waals surface area (Å²) in [4.78, 5) is 16.6. The highest BCUT2D eigenvalue weighted by Crippen LogP contribution is 2.32. The van der Waals surface area contributed by atoms with Crippen molar-refractivity contribution in [3.8, 4) is 22.6 Å². The number of hydrogen-bond acceptors (Lipinski definition) is 4. The second-order valence-corrected chi connectivity index (χ2v) is 8.30. The van der Waals surface area contributed by atoms with Gasteiger partial charge >= 0.3 is 0 Å². The Morgan fingerprint density at radius 1 is 1.11 bits per heavy atom. The molecule has 0 saturated heterocycles. The number of rotatable bonds is 10. The average molecular weight is 477 g/mol. The summed E-state index contributed by atoms with van der Waals surface area (Å²) in [6, 6.07) is 17.2. The number of hydrogen-bond donors (Lipinski definition) is 3. The highest BCUT2D eigenvalue weighted by molar-refractivity contribution is 5.98. The second kappa shape index (κ2) is 11.1. The van der Waals surface area contributed by atoms with Gasteiger partial charge in [0.05, 0.1) is 31.9 Å². The Morgan fingerprint density at radius 3 is 2.71 bits per heavy atom. The van der Waals surface area contributed by atoms with Crippen LogP contribution in [0, 0.1) is 5.82 Å². The summed E-state index contributed by atoms with van der Waals surface area (Å²) in [7, 11) is 1.41. The highest BCUT2D eigenvalue weighted by atomic mass is 19.1. The van der Waals surface area contributed by atoms with Gasteiger partial charge in [0, 0.05) is 22.7 Å². The second-order valence-electron chi connectivity index (χ2n) is 8.30. The average Bonchev–Trinajstić information content (AvgIpc) is 3.29. The Balaban J connectivity index is 1.63. The van der Waals surface area contributed by atoms with E-state index in [9.17, 15) is 14.3 Å². The van der Waals surface area contributed by atoms with Crippen LogP contribution < -0.4 is 14.8 Å². The summed E-state index contributed by atoms with van der Waals surface area (Å²) in [5.41, 5.74) is 3.10. The summed E-state index contributed by atoms with van der Waals surface area (Å²) in [6.45, 7) is 2.18. The Kier molecular flexibility index (Phi) is 7.67. The first-order chi connectivity index (χ1) is 17.0. The van der Waals surface area contributed by atoms with Crippen molar-refractivity contribution in [1.29, 1.82) is 0 Å². The van der Waals surface area contributed by atoms with E-state index in [1.54, 1.807) is 36.4 Å². The van der Waals surface area contributed by atoms with Gasteiger partial charge in [0.15, 0.2) is 11.6 Å². The predicted molar refractivity (Wildman–Crippen MR) is 135 cm³/mol. The van der Waals surface area contributed by atoms with E-state index in [0.717, 1.165) is 22.9 Å². The number of aliphatic hydroxyl groups excluding tert-OH is 1. The molecule has 0 spiro atoms. The predicted octanol–water partition coefficient (Wildman–Crippen LogP) is 5.10. The van der Waals surface area contributed by atoms with Gasteiger partial charge in [0.2, 0.25) is 0 Å². The molecule has 6 nitrogen and oxygen atoms in total. The van der Waals surface area contributed by atoms with Gasteiger partial charge in [0.25, 0.3) is 5.91 Å². The van der Waals surface area contributed by atoms with Crippen LogP contribution >= 0.6 is 0 Å². The lowest BCUT2D eigenvalue weighted by Crippen LogP contribution is -2.39. The molecule has 4 rings (SSSR count). The molecule has 35 heavy (non-hydrogen) atoms. The maximum Gasteiger partial charge on any atom is 0.255 e. The van der Waals surface area contributed by atoms with E-state index >= 15 is 0 Å². The monoisotopic (exact) mass is 476 g/mol. The van der Waals surface area contributed by atoms with Crippen molar-refractivity contribution in [2.24, 2.45) is 0 Å². The van der Waals surface area contributed by atoms with E-state index in [-0.39, 0.29) is 17.9 Å². The number of para-hydroxylation sites is 1. The molecular weight excluding hydrogens is 447 g/mol. The standard InChI is InChI=1S/C28H29FN2O4/c1-3-13-35-25-12-11-18(22-8-6-10-26(34-2)27(22)29)15-23(25)28(33)31-20(17-32)14-19-16-30-24-9-5-4-7-21(19)24/h4-12,15-16,20,30,32H,3,13-14,17H2,1-2H3,(H,31,33). The van der Waals surface area contributed by atoms with Gasteiger partial charge in [-0.2, -0.15) is 0 Å². The number of amides is 1. The zero-order valence-corrected chi connectivity index (χ0v) is 19.8. The number of aliphatic hydroxyl groups is 1. The molecule has 0 aliphatic heterocycles. The molecule has 0 radical (unpaired) electrons. The number of methoxy groups -OCH3 is 1. The number of carbonyl (C=O) groups excluding carboxylic acids is 1. The molecular formula is C28H29FN2O4. The molecule has 1 aromatic heterocycles. The lowest BCUT2D eigenvalue weighted by molar-refractivity contribution is 0.0912. The van der Waals surface area contributed by atoms with E-state index in [1.165, 1.54) is 7.11 Å². The van der Waals surface area contributed by atoms with Crippen LogP contribution in [-0.2, 0) is 6.42 Å². The van der Waals surface area contributed by atoms with Crippen LogP contribution in [0.25, 0.3) is 22.0 Å². The summed E-state index contributed by atoms with van der Waals surface area (Å²) in [5.74, 6) is -0.379. The van der Waals surface area contributed by atoms with E-state index in [4.69, 9.17) is 9.47 Å². The molecule has 0 saturated carbocycles. The van der Waals surface area contributed by atoms with Crippen molar-refractivity contribution in [2.45, 2.75) is 25.8 Å². The number of carbonyl (C=O) groups is 1. The SMILES string of the molecule is CCCOc1ccc(-c2cccc(OC)c2F)cc1C(=O)NC(CO)Cc1c[nH]c2ccccc12. The topological polar surface area (TPSA) is 83.6 Å². The Hall–Kier alpha value is -3.84. The number of fused-ring (bicyclic) bond motifs is 1.